The predicted octanol–water partition coefficient (Wildman–Crippen LogP) is 3.31. The third kappa shape index (κ3) is 3.70. The number of nitrogen functional groups attached to an aromatic ring is 1. The zero-order valence-electron chi connectivity index (χ0n) is 13.9. The fraction of sp³-hybridized carbons (Fsp3) is 0.389. The van der Waals surface area contributed by atoms with Crippen LogP contribution in [0.5, 0.6) is 0 Å². The molecule has 0 saturated carbocycles. The van der Waals surface area contributed by atoms with Gasteiger partial charge in [-0.3, -0.25) is 0 Å². The van der Waals surface area contributed by atoms with Crippen LogP contribution in [0, 0.1) is 5.92 Å². The van der Waals surface area contributed by atoms with E-state index in [4.69, 9.17) is 34.7 Å². The van der Waals surface area contributed by atoms with E-state index in [1.807, 2.05) is 12.1 Å². The zero-order valence-corrected chi connectivity index (χ0v) is 15.4. The topological polar surface area (TPSA) is 88.4 Å². The number of nitrogens with zero attached hydrogens (tertiary/aromatic N) is 2. The van der Waals surface area contributed by atoms with Crippen molar-refractivity contribution in [2.75, 3.05) is 30.3 Å². The Morgan fingerprint density at radius 1 is 1.24 bits per heavy atom. The summed E-state index contributed by atoms with van der Waals surface area (Å²) in [6.07, 6.45) is 2.03. The number of rotatable bonds is 4. The number of aliphatic hydroxyl groups excluding tert-OH is 1. The summed E-state index contributed by atoms with van der Waals surface area (Å²) in [6.45, 7) is 2.24. The minimum absolute atomic E-state index is 0.192. The Bertz CT molecular complexity index is 761. The van der Waals surface area contributed by atoms with Crippen LogP contribution in [0.2, 0.25) is 10.0 Å². The summed E-state index contributed by atoms with van der Waals surface area (Å²) in [5.74, 6) is 0.549. The Morgan fingerprint density at radius 3 is 2.60 bits per heavy atom. The van der Waals surface area contributed by atoms with Gasteiger partial charge in [0.25, 0.3) is 0 Å². The molecular formula is C18H22Cl2N4O. The van der Waals surface area contributed by atoms with Crippen molar-refractivity contribution in [2.45, 2.75) is 19.4 Å². The van der Waals surface area contributed by atoms with Crippen molar-refractivity contribution in [2.24, 2.45) is 11.7 Å². The maximum atomic E-state index is 9.84. The van der Waals surface area contributed by atoms with Crippen LogP contribution in [-0.4, -0.2) is 29.7 Å². The molecule has 5 nitrogen and oxygen atoms in total. The molecule has 1 aliphatic heterocycles. The molecule has 3 rings (SSSR count). The third-order valence-corrected chi connectivity index (χ3v) is 5.55. The molecule has 2 aromatic rings. The molecular weight excluding hydrogens is 359 g/mol. The Labute approximate surface area is 157 Å². The minimum atomic E-state index is -0.192. The molecule has 25 heavy (non-hydrogen) atoms. The van der Waals surface area contributed by atoms with Gasteiger partial charge in [-0.1, -0.05) is 35.3 Å². The molecule has 0 unspecified atom stereocenters. The number of anilines is 2. The van der Waals surface area contributed by atoms with Gasteiger partial charge in [0.1, 0.15) is 0 Å². The predicted molar refractivity (Wildman–Crippen MR) is 104 cm³/mol. The largest absolute Gasteiger partial charge is 0.397 e. The van der Waals surface area contributed by atoms with Gasteiger partial charge in [-0.2, -0.15) is 0 Å². The molecule has 7 heteroatoms. The lowest BCUT2D eigenvalue weighted by atomic mass is 9.96. The Balaban J connectivity index is 1.98. The van der Waals surface area contributed by atoms with Gasteiger partial charge in [0.2, 0.25) is 0 Å². The number of aliphatic hydroxyl groups is 1. The Hall–Kier alpha value is -1.53. The van der Waals surface area contributed by atoms with E-state index in [1.54, 1.807) is 12.1 Å². The molecule has 0 bridgehead atoms. The summed E-state index contributed by atoms with van der Waals surface area (Å²) in [5.41, 5.74) is 15.3. The molecule has 1 aromatic heterocycles. The van der Waals surface area contributed by atoms with Gasteiger partial charge in [-0.05, 0) is 37.4 Å². The molecule has 0 amide bonds. The summed E-state index contributed by atoms with van der Waals surface area (Å²) in [4.78, 5) is 6.78. The van der Waals surface area contributed by atoms with Crippen molar-refractivity contribution in [3.8, 4) is 11.3 Å². The van der Waals surface area contributed by atoms with Gasteiger partial charge in [0, 0.05) is 18.7 Å². The van der Waals surface area contributed by atoms with Crippen LogP contribution in [0.3, 0.4) is 0 Å². The van der Waals surface area contributed by atoms with E-state index in [-0.39, 0.29) is 6.61 Å². The van der Waals surface area contributed by atoms with Crippen LogP contribution in [0.15, 0.2) is 24.3 Å². The molecule has 1 saturated heterocycles. The molecule has 134 valence electrons. The SMILES string of the molecule is NCC1CCN(c2c(N)cc(-c3cccc(Cl)c3Cl)nc2CO)CC1. The lowest BCUT2D eigenvalue weighted by molar-refractivity contribution is 0.277. The van der Waals surface area contributed by atoms with Gasteiger partial charge in [0.05, 0.1) is 39.4 Å². The highest BCUT2D eigenvalue weighted by atomic mass is 35.5. The van der Waals surface area contributed by atoms with Crippen LogP contribution in [0.1, 0.15) is 18.5 Å². The lowest BCUT2D eigenvalue weighted by Crippen LogP contribution is -2.37. The molecule has 0 atom stereocenters. The Kier molecular flexibility index (Phi) is 5.69. The first kappa shape index (κ1) is 18.3. The highest BCUT2D eigenvalue weighted by molar-refractivity contribution is 6.43. The summed E-state index contributed by atoms with van der Waals surface area (Å²) in [5, 5.41) is 10.7. The second kappa shape index (κ2) is 7.79. The molecule has 1 aliphatic rings. The van der Waals surface area contributed by atoms with Crippen molar-refractivity contribution in [3.05, 3.63) is 40.0 Å². The van der Waals surface area contributed by atoms with Crippen LogP contribution in [0.4, 0.5) is 11.4 Å². The van der Waals surface area contributed by atoms with E-state index in [0.717, 1.165) is 31.6 Å². The van der Waals surface area contributed by atoms with Crippen LogP contribution in [-0.2, 0) is 6.61 Å². The number of piperidine rings is 1. The van der Waals surface area contributed by atoms with Gasteiger partial charge in [-0.25, -0.2) is 4.98 Å². The Morgan fingerprint density at radius 2 is 1.96 bits per heavy atom. The van der Waals surface area contributed by atoms with Gasteiger partial charge < -0.3 is 21.5 Å². The number of nitrogens with two attached hydrogens (primary N) is 2. The van der Waals surface area contributed by atoms with Crippen LogP contribution < -0.4 is 16.4 Å². The average molecular weight is 381 g/mol. The van der Waals surface area contributed by atoms with E-state index < -0.39 is 0 Å². The molecule has 1 aromatic carbocycles. The fourth-order valence-electron chi connectivity index (χ4n) is 3.32. The molecule has 0 radical (unpaired) electrons. The number of hydrogen-bond acceptors (Lipinski definition) is 5. The van der Waals surface area contributed by atoms with Crippen molar-refractivity contribution in [1.82, 2.24) is 4.98 Å². The molecule has 0 spiro atoms. The second-order valence-corrected chi connectivity index (χ2v) is 7.10. The normalized spacial score (nSPS) is 15.6. The average Bonchev–Trinajstić information content (AvgIpc) is 2.63. The van der Waals surface area contributed by atoms with E-state index >= 15 is 0 Å². The summed E-state index contributed by atoms with van der Waals surface area (Å²) in [7, 11) is 0. The summed E-state index contributed by atoms with van der Waals surface area (Å²) in [6, 6.07) is 7.16. The van der Waals surface area contributed by atoms with Crippen molar-refractivity contribution >= 4 is 34.6 Å². The van der Waals surface area contributed by atoms with Gasteiger partial charge >= 0.3 is 0 Å². The lowest BCUT2D eigenvalue weighted by Gasteiger charge is -2.34. The van der Waals surface area contributed by atoms with E-state index in [1.165, 1.54) is 0 Å². The minimum Gasteiger partial charge on any atom is -0.397 e. The third-order valence-electron chi connectivity index (χ3n) is 4.74. The van der Waals surface area contributed by atoms with Crippen LogP contribution in [0.25, 0.3) is 11.3 Å². The highest BCUT2D eigenvalue weighted by Gasteiger charge is 2.23. The number of aromatic nitrogens is 1. The quantitative estimate of drug-likeness (QED) is 0.756. The first-order valence-corrected chi connectivity index (χ1v) is 9.10. The van der Waals surface area contributed by atoms with Gasteiger partial charge in [-0.15, -0.1) is 0 Å². The van der Waals surface area contributed by atoms with E-state index in [9.17, 15) is 5.11 Å². The first-order chi connectivity index (χ1) is 12.0. The molecule has 1 fully saturated rings. The monoisotopic (exact) mass is 380 g/mol. The highest BCUT2D eigenvalue weighted by Crippen LogP contribution is 2.37. The van der Waals surface area contributed by atoms with Crippen molar-refractivity contribution < 1.29 is 5.11 Å². The number of benzene rings is 1. The molecule has 5 N–H and O–H groups in total. The molecule has 2 heterocycles. The fourth-order valence-corrected chi connectivity index (χ4v) is 3.72. The number of halogens is 2. The van der Waals surface area contributed by atoms with Crippen molar-refractivity contribution in [1.29, 1.82) is 0 Å². The maximum Gasteiger partial charge on any atom is 0.0919 e. The standard InChI is InChI=1S/C18H22Cl2N4O/c19-13-3-1-2-12(17(13)20)15-8-14(22)18(16(10-25)23-15)24-6-4-11(9-21)5-7-24/h1-3,8,11,25H,4-7,9-10,21H2,(H2,22,23). The summed E-state index contributed by atoms with van der Waals surface area (Å²) >= 11 is 12.4. The van der Waals surface area contributed by atoms with E-state index in [2.05, 4.69) is 9.88 Å². The number of hydrogen-bond donors (Lipinski definition) is 3. The van der Waals surface area contributed by atoms with Crippen LogP contribution >= 0.6 is 23.2 Å². The summed E-state index contributed by atoms with van der Waals surface area (Å²) < 4.78 is 0. The number of pyridine rings is 1. The zero-order chi connectivity index (χ0) is 18.0. The maximum absolute atomic E-state index is 9.84. The van der Waals surface area contributed by atoms with Crippen molar-refractivity contribution in [3.63, 3.8) is 0 Å². The van der Waals surface area contributed by atoms with Gasteiger partial charge in [0.15, 0.2) is 0 Å². The smallest absolute Gasteiger partial charge is 0.0919 e. The van der Waals surface area contributed by atoms with E-state index in [0.29, 0.717) is 45.1 Å². The molecule has 0 aliphatic carbocycles. The second-order valence-electron chi connectivity index (χ2n) is 6.32. The first-order valence-electron chi connectivity index (χ1n) is 8.34.